The van der Waals surface area contributed by atoms with E-state index >= 15 is 0 Å². The Bertz CT molecular complexity index is 697. The molecule has 0 saturated carbocycles. The summed E-state index contributed by atoms with van der Waals surface area (Å²) in [7, 11) is 0. The third-order valence-corrected chi connectivity index (χ3v) is 4.46. The Morgan fingerprint density at radius 1 is 0.778 bits per heavy atom. The topological polar surface area (TPSA) is 52.6 Å². The Kier molecular flexibility index (Phi) is 8.56. The molecular formula is C23H28O4. The Balaban J connectivity index is 2.03. The molecule has 2 rings (SSSR count). The molecule has 0 aliphatic carbocycles. The zero-order valence-corrected chi connectivity index (χ0v) is 16.1. The van der Waals surface area contributed by atoms with E-state index in [0.717, 1.165) is 25.7 Å². The molecule has 0 heterocycles. The van der Waals surface area contributed by atoms with Crippen molar-refractivity contribution in [1.82, 2.24) is 0 Å². The van der Waals surface area contributed by atoms with Gasteiger partial charge in [0.15, 0.2) is 0 Å². The number of hydrogen-bond donors (Lipinski definition) is 0. The van der Waals surface area contributed by atoms with Gasteiger partial charge in [-0.1, -0.05) is 63.1 Å². The molecule has 2 aromatic carbocycles. The van der Waals surface area contributed by atoms with E-state index in [4.69, 9.17) is 9.47 Å². The van der Waals surface area contributed by atoms with Gasteiger partial charge >= 0.3 is 11.9 Å². The maximum atomic E-state index is 12.5. The Morgan fingerprint density at radius 3 is 1.81 bits per heavy atom. The van der Waals surface area contributed by atoms with E-state index in [0.29, 0.717) is 11.1 Å². The molecule has 0 aliphatic heterocycles. The van der Waals surface area contributed by atoms with Gasteiger partial charge in [-0.25, -0.2) is 9.59 Å². The van der Waals surface area contributed by atoms with E-state index in [2.05, 4.69) is 13.8 Å². The maximum absolute atomic E-state index is 12.5. The smallest absolute Gasteiger partial charge is 0.338 e. The molecule has 0 aromatic heterocycles. The summed E-state index contributed by atoms with van der Waals surface area (Å²) in [6.07, 6.45) is 3.11. The van der Waals surface area contributed by atoms with Crippen molar-refractivity contribution in [3.05, 3.63) is 71.8 Å². The highest BCUT2D eigenvalue weighted by molar-refractivity contribution is 5.89. The maximum Gasteiger partial charge on any atom is 0.338 e. The van der Waals surface area contributed by atoms with Gasteiger partial charge < -0.3 is 9.47 Å². The average Bonchev–Trinajstić information content (AvgIpc) is 2.71. The Morgan fingerprint density at radius 2 is 1.30 bits per heavy atom. The minimum Gasteiger partial charge on any atom is -0.462 e. The first-order valence-corrected chi connectivity index (χ1v) is 9.63. The van der Waals surface area contributed by atoms with Crippen LogP contribution in [0.15, 0.2) is 60.7 Å². The summed E-state index contributed by atoms with van der Waals surface area (Å²) in [5.74, 6) is -0.693. The fraction of sp³-hybridized carbons (Fsp3) is 0.391. The van der Waals surface area contributed by atoms with Gasteiger partial charge in [-0.15, -0.1) is 0 Å². The predicted octanol–water partition coefficient (Wildman–Crippen LogP) is 5.29. The summed E-state index contributed by atoms with van der Waals surface area (Å²) in [5.41, 5.74) is 1.07. The highest BCUT2D eigenvalue weighted by Crippen LogP contribution is 2.22. The molecule has 0 bridgehead atoms. The lowest BCUT2D eigenvalue weighted by molar-refractivity contribution is -0.00906. The first-order chi connectivity index (χ1) is 13.2. The Hall–Kier alpha value is -2.62. The molecule has 2 unspecified atom stereocenters. The van der Waals surface area contributed by atoms with E-state index in [9.17, 15) is 9.59 Å². The Labute approximate surface area is 161 Å². The van der Waals surface area contributed by atoms with E-state index in [1.54, 1.807) is 24.3 Å². The molecule has 0 fully saturated rings. The van der Waals surface area contributed by atoms with E-state index in [1.807, 2.05) is 36.4 Å². The highest BCUT2D eigenvalue weighted by atomic mass is 16.6. The van der Waals surface area contributed by atoms with Crippen molar-refractivity contribution in [3.63, 3.8) is 0 Å². The molecule has 0 N–H and O–H groups in total. The predicted molar refractivity (Wildman–Crippen MR) is 106 cm³/mol. The van der Waals surface area contributed by atoms with Crippen molar-refractivity contribution in [2.75, 3.05) is 6.61 Å². The van der Waals surface area contributed by atoms with Crippen LogP contribution in [-0.4, -0.2) is 24.6 Å². The molecule has 0 radical (unpaired) electrons. The summed E-state index contributed by atoms with van der Waals surface area (Å²) in [5, 5.41) is 0. The number of ether oxygens (including phenoxy) is 2. The summed E-state index contributed by atoms with van der Waals surface area (Å²) in [4.78, 5) is 24.7. The molecule has 2 aromatic rings. The van der Waals surface area contributed by atoms with E-state index in [-0.39, 0.29) is 30.6 Å². The largest absolute Gasteiger partial charge is 0.462 e. The van der Waals surface area contributed by atoms with E-state index < -0.39 is 0 Å². The number of benzene rings is 2. The number of carbonyl (C=O) groups is 2. The van der Waals surface area contributed by atoms with Gasteiger partial charge in [0.2, 0.25) is 0 Å². The summed E-state index contributed by atoms with van der Waals surface area (Å²) >= 11 is 0. The molecule has 4 nitrogen and oxygen atoms in total. The molecule has 0 saturated heterocycles. The van der Waals surface area contributed by atoms with Gasteiger partial charge in [-0.3, -0.25) is 0 Å². The first kappa shape index (κ1) is 20.7. The van der Waals surface area contributed by atoms with Crippen LogP contribution in [0.25, 0.3) is 0 Å². The van der Waals surface area contributed by atoms with Crippen LogP contribution in [0.4, 0.5) is 0 Å². The molecule has 0 amide bonds. The normalized spacial score (nSPS) is 12.8. The zero-order chi connectivity index (χ0) is 19.5. The average molecular weight is 368 g/mol. The molecule has 144 valence electrons. The van der Waals surface area contributed by atoms with Crippen LogP contribution in [0.2, 0.25) is 0 Å². The second kappa shape index (κ2) is 11.2. The van der Waals surface area contributed by atoms with E-state index in [1.165, 1.54) is 0 Å². The third-order valence-electron chi connectivity index (χ3n) is 4.46. The zero-order valence-electron chi connectivity index (χ0n) is 16.1. The van der Waals surface area contributed by atoms with Crippen LogP contribution in [0.1, 0.15) is 60.2 Å². The number of carbonyl (C=O) groups excluding carboxylic acids is 2. The quantitative estimate of drug-likeness (QED) is 0.535. The third kappa shape index (κ3) is 6.55. The molecule has 0 spiro atoms. The number of rotatable bonds is 10. The van der Waals surface area contributed by atoms with Crippen LogP contribution in [0.3, 0.4) is 0 Å². The van der Waals surface area contributed by atoms with Crippen LogP contribution in [0.5, 0.6) is 0 Å². The van der Waals surface area contributed by atoms with Crippen LogP contribution < -0.4 is 0 Å². The van der Waals surface area contributed by atoms with Gasteiger partial charge in [-0.05, 0) is 37.1 Å². The monoisotopic (exact) mass is 368 g/mol. The van der Waals surface area contributed by atoms with Crippen molar-refractivity contribution in [2.45, 2.75) is 45.6 Å². The lowest BCUT2D eigenvalue weighted by Gasteiger charge is -2.26. The van der Waals surface area contributed by atoms with Crippen molar-refractivity contribution in [1.29, 1.82) is 0 Å². The highest BCUT2D eigenvalue weighted by Gasteiger charge is 2.26. The molecule has 4 heteroatoms. The standard InChI is InChI=1S/C23H28O4/c1-3-11-20(17-26-22(24)18-13-7-5-8-14-18)21(12-4-2)27-23(25)19-15-9-6-10-16-19/h5-10,13-16,20-21H,3-4,11-12,17H2,1-2H3. The van der Waals surface area contributed by atoms with Gasteiger partial charge in [0.05, 0.1) is 17.7 Å². The van der Waals surface area contributed by atoms with Gasteiger partial charge in [-0.2, -0.15) is 0 Å². The van der Waals surface area contributed by atoms with Crippen LogP contribution in [-0.2, 0) is 9.47 Å². The van der Waals surface area contributed by atoms with Crippen molar-refractivity contribution < 1.29 is 19.1 Å². The van der Waals surface area contributed by atoms with Crippen LogP contribution >= 0.6 is 0 Å². The minimum atomic E-state index is -0.346. The molecule has 27 heavy (non-hydrogen) atoms. The van der Waals surface area contributed by atoms with Gasteiger partial charge in [0.1, 0.15) is 6.10 Å². The molecule has 0 aliphatic rings. The molecular weight excluding hydrogens is 340 g/mol. The first-order valence-electron chi connectivity index (χ1n) is 9.63. The van der Waals surface area contributed by atoms with Gasteiger partial charge in [0.25, 0.3) is 0 Å². The lowest BCUT2D eigenvalue weighted by atomic mass is 9.94. The fourth-order valence-corrected chi connectivity index (χ4v) is 3.04. The van der Waals surface area contributed by atoms with Crippen molar-refractivity contribution in [3.8, 4) is 0 Å². The number of hydrogen-bond acceptors (Lipinski definition) is 4. The summed E-state index contributed by atoms with van der Waals surface area (Å²) in [6, 6.07) is 17.9. The summed E-state index contributed by atoms with van der Waals surface area (Å²) < 4.78 is 11.3. The number of esters is 2. The molecule has 2 atom stereocenters. The van der Waals surface area contributed by atoms with Crippen molar-refractivity contribution >= 4 is 11.9 Å². The second-order valence-corrected chi connectivity index (χ2v) is 6.61. The summed E-state index contributed by atoms with van der Waals surface area (Å²) in [6.45, 7) is 4.38. The minimum absolute atomic E-state index is 0.0183. The fourth-order valence-electron chi connectivity index (χ4n) is 3.04. The lowest BCUT2D eigenvalue weighted by Crippen LogP contribution is -2.31. The second-order valence-electron chi connectivity index (χ2n) is 6.61. The SMILES string of the molecule is CCCC(COC(=O)c1ccccc1)C(CCC)OC(=O)c1ccccc1. The van der Waals surface area contributed by atoms with Crippen LogP contribution in [0, 0.1) is 5.92 Å². The van der Waals surface area contributed by atoms with Crippen molar-refractivity contribution in [2.24, 2.45) is 5.92 Å². The van der Waals surface area contributed by atoms with Gasteiger partial charge in [0, 0.05) is 5.92 Å².